The highest BCUT2D eigenvalue weighted by atomic mass is 35.5. The van der Waals surface area contributed by atoms with Gasteiger partial charge in [-0.3, -0.25) is 4.79 Å². The minimum Gasteiger partial charge on any atom is -0.371 e. The summed E-state index contributed by atoms with van der Waals surface area (Å²) >= 11 is 6.12. The van der Waals surface area contributed by atoms with Crippen LogP contribution in [0.25, 0.3) is 0 Å². The van der Waals surface area contributed by atoms with E-state index >= 15 is 0 Å². The van der Waals surface area contributed by atoms with Crippen LogP contribution in [-0.4, -0.2) is 23.5 Å². The van der Waals surface area contributed by atoms with Gasteiger partial charge in [-0.1, -0.05) is 48.0 Å². The molecule has 2 aliphatic heterocycles. The molecule has 112 valence electrons. The summed E-state index contributed by atoms with van der Waals surface area (Å²) in [6.07, 6.45) is -0.0674. The monoisotopic (exact) mass is 313 g/mol. The molecule has 0 unspecified atom stereocenters. The van der Waals surface area contributed by atoms with Gasteiger partial charge < -0.3 is 9.64 Å². The van der Waals surface area contributed by atoms with Crippen LogP contribution in [0.2, 0.25) is 5.02 Å². The van der Waals surface area contributed by atoms with E-state index in [-0.39, 0.29) is 17.9 Å². The quantitative estimate of drug-likeness (QED) is 0.851. The zero-order valence-electron chi connectivity index (χ0n) is 12.0. The third kappa shape index (κ3) is 2.31. The Morgan fingerprint density at radius 1 is 1.18 bits per heavy atom. The van der Waals surface area contributed by atoms with Crippen LogP contribution in [0, 0.1) is 0 Å². The van der Waals surface area contributed by atoms with Crippen LogP contribution in [0.1, 0.15) is 22.6 Å². The van der Waals surface area contributed by atoms with E-state index in [1.54, 1.807) is 0 Å². The second kappa shape index (κ2) is 5.41. The van der Waals surface area contributed by atoms with Gasteiger partial charge in [0.1, 0.15) is 0 Å². The normalized spacial score (nSPS) is 23.3. The molecule has 0 spiro atoms. The van der Waals surface area contributed by atoms with E-state index in [1.807, 2.05) is 53.4 Å². The van der Waals surface area contributed by atoms with E-state index in [1.165, 1.54) is 0 Å². The van der Waals surface area contributed by atoms with Crippen LogP contribution in [0.3, 0.4) is 0 Å². The molecule has 0 bridgehead atoms. The van der Waals surface area contributed by atoms with Crippen molar-refractivity contribution in [3.63, 3.8) is 0 Å². The fraction of sp³-hybridized carbons (Fsp3) is 0.278. The highest BCUT2D eigenvalue weighted by molar-refractivity contribution is 6.30. The highest BCUT2D eigenvalue weighted by Gasteiger charge is 2.45. The first kappa shape index (κ1) is 13.8. The third-order valence-electron chi connectivity index (χ3n) is 4.46. The summed E-state index contributed by atoms with van der Waals surface area (Å²) < 4.78 is 5.90. The first-order valence-electron chi connectivity index (χ1n) is 7.45. The maximum Gasteiger partial charge on any atom is 0.233 e. The summed E-state index contributed by atoms with van der Waals surface area (Å²) in [5.74, 6) is -0.0803. The van der Waals surface area contributed by atoms with E-state index in [0.717, 1.165) is 16.7 Å². The molecule has 3 nitrogen and oxygen atoms in total. The van der Waals surface area contributed by atoms with Crippen molar-refractivity contribution in [2.24, 2.45) is 0 Å². The summed E-state index contributed by atoms with van der Waals surface area (Å²) in [6.45, 7) is 1.83. The van der Waals surface area contributed by atoms with Crippen LogP contribution in [-0.2, 0) is 22.7 Å². The van der Waals surface area contributed by atoms with Gasteiger partial charge >= 0.3 is 0 Å². The lowest BCUT2D eigenvalue weighted by Gasteiger charge is -2.26. The number of hydrogen-bond donors (Lipinski definition) is 0. The number of ether oxygens (including phenoxy) is 1. The Kier molecular flexibility index (Phi) is 3.40. The average molecular weight is 314 g/mol. The molecule has 0 radical (unpaired) electrons. The van der Waals surface area contributed by atoms with Crippen molar-refractivity contribution < 1.29 is 9.53 Å². The van der Waals surface area contributed by atoms with Crippen LogP contribution in [0.4, 0.5) is 0 Å². The first-order chi connectivity index (χ1) is 10.7. The molecule has 1 saturated heterocycles. The Balaban J connectivity index is 1.63. The molecule has 2 heterocycles. The number of halogens is 1. The smallest absolute Gasteiger partial charge is 0.233 e. The number of hydrogen-bond acceptors (Lipinski definition) is 2. The van der Waals surface area contributed by atoms with Gasteiger partial charge in [0, 0.05) is 18.1 Å². The van der Waals surface area contributed by atoms with Gasteiger partial charge in [-0.2, -0.15) is 0 Å². The van der Waals surface area contributed by atoms with E-state index in [0.29, 0.717) is 24.7 Å². The highest BCUT2D eigenvalue weighted by Crippen LogP contribution is 2.39. The molecule has 4 heteroatoms. The average Bonchev–Trinajstić information content (AvgIpc) is 2.85. The molecule has 0 saturated carbocycles. The van der Waals surface area contributed by atoms with E-state index in [2.05, 4.69) is 0 Å². The van der Waals surface area contributed by atoms with Gasteiger partial charge in [-0.05, 0) is 28.8 Å². The number of fused-ring (bicyclic) bond motifs is 3. The number of likely N-dealkylation sites (tertiary alicyclic amines) is 1. The van der Waals surface area contributed by atoms with Crippen molar-refractivity contribution in [1.82, 2.24) is 4.90 Å². The summed E-state index contributed by atoms with van der Waals surface area (Å²) in [5.41, 5.74) is 3.24. The van der Waals surface area contributed by atoms with E-state index < -0.39 is 0 Å². The SMILES string of the molecule is O=C1[C@H]2c3cc(Cl)ccc3CO[C@@H]2CN1Cc1ccccc1. The maximum absolute atomic E-state index is 12.8. The van der Waals surface area contributed by atoms with Crippen molar-refractivity contribution >= 4 is 17.5 Å². The molecule has 1 amide bonds. The largest absolute Gasteiger partial charge is 0.371 e. The summed E-state index contributed by atoms with van der Waals surface area (Å²) in [5, 5.41) is 0.675. The van der Waals surface area contributed by atoms with Crippen LogP contribution in [0.15, 0.2) is 48.5 Å². The second-order valence-corrected chi connectivity index (χ2v) is 6.31. The van der Waals surface area contributed by atoms with Crippen molar-refractivity contribution in [2.75, 3.05) is 6.54 Å². The molecule has 1 fully saturated rings. The molecule has 2 aliphatic rings. The van der Waals surface area contributed by atoms with Crippen molar-refractivity contribution in [3.05, 3.63) is 70.2 Å². The number of nitrogens with zero attached hydrogens (tertiary/aromatic N) is 1. The number of carbonyl (C=O) groups excluding carboxylic acids is 1. The molecule has 4 rings (SSSR count). The van der Waals surface area contributed by atoms with Gasteiger partial charge in [0.15, 0.2) is 0 Å². The van der Waals surface area contributed by atoms with Crippen molar-refractivity contribution in [3.8, 4) is 0 Å². The maximum atomic E-state index is 12.8. The molecule has 2 aromatic carbocycles. The summed E-state index contributed by atoms with van der Waals surface area (Å²) in [6, 6.07) is 15.8. The number of amides is 1. The number of carbonyl (C=O) groups is 1. The Labute approximate surface area is 134 Å². The van der Waals surface area contributed by atoms with Gasteiger partial charge in [-0.15, -0.1) is 0 Å². The van der Waals surface area contributed by atoms with Gasteiger partial charge in [0.05, 0.1) is 18.6 Å². The second-order valence-electron chi connectivity index (χ2n) is 5.87. The molecular weight excluding hydrogens is 298 g/mol. The number of rotatable bonds is 2. The van der Waals surface area contributed by atoms with Crippen molar-refractivity contribution in [1.29, 1.82) is 0 Å². The molecule has 22 heavy (non-hydrogen) atoms. The van der Waals surface area contributed by atoms with Gasteiger partial charge in [0.25, 0.3) is 0 Å². The predicted octanol–water partition coefficient (Wildman–Crippen LogP) is 3.36. The van der Waals surface area contributed by atoms with Crippen molar-refractivity contribution in [2.45, 2.75) is 25.2 Å². The van der Waals surface area contributed by atoms with E-state index in [9.17, 15) is 4.79 Å². The van der Waals surface area contributed by atoms with Gasteiger partial charge in [0.2, 0.25) is 5.91 Å². The fourth-order valence-corrected chi connectivity index (χ4v) is 3.56. The predicted molar refractivity (Wildman–Crippen MR) is 84.6 cm³/mol. The van der Waals surface area contributed by atoms with Gasteiger partial charge in [-0.25, -0.2) is 0 Å². The summed E-state index contributed by atoms with van der Waals surface area (Å²) in [4.78, 5) is 14.7. The first-order valence-corrected chi connectivity index (χ1v) is 7.83. The lowest BCUT2D eigenvalue weighted by atomic mass is 9.89. The molecule has 0 N–H and O–H groups in total. The molecule has 0 aromatic heterocycles. The standard InChI is InChI=1S/C18H16ClNO2/c19-14-7-6-13-11-22-16-10-20(9-12-4-2-1-3-5-12)18(21)17(16)15(13)8-14/h1-8,16-17H,9-11H2/t16-,17+/m1/s1. The molecule has 2 aromatic rings. The Morgan fingerprint density at radius 3 is 2.82 bits per heavy atom. The van der Waals surface area contributed by atoms with Crippen LogP contribution in [0.5, 0.6) is 0 Å². The minimum absolute atomic E-state index is 0.0674. The summed E-state index contributed by atoms with van der Waals surface area (Å²) in [7, 11) is 0. The molecular formula is C18H16ClNO2. The Morgan fingerprint density at radius 2 is 2.00 bits per heavy atom. The Hall–Kier alpha value is -1.84. The Bertz CT molecular complexity index is 716. The minimum atomic E-state index is -0.217. The zero-order valence-corrected chi connectivity index (χ0v) is 12.8. The molecule has 0 aliphatic carbocycles. The number of benzene rings is 2. The van der Waals surface area contributed by atoms with Crippen LogP contribution >= 0.6 is 11.6 Å². The lowest BCUT2D eigenvalue weighted by Crippen LogP contribution is -2.28. The fourth-order valence-electron chi connectivity index (χ4n) is 3.38. The van der Waals surface area contributed by atoms with Crippen LogP contribution < -0.4 is 0 Å². The third-order valence-corrected chi connectivity index (χ3v) is 4.70. The van der Waals surface area contributed by atoms with E-state index in [4.69, 9.17) is 16.3 Å². The lowest BCUT2D eigenvalue weighted by molar-refractivity contribution is -0.130. The topological polar surface area (TPSA) is 29.5 Å². The molecule has 2 atom stereocenters. The zero-order chi connectivity index (χ0) is 15.1.